The van der Waals surface area contributed by atoms with Gasteiger partial charge in [-0.2, -0.15) is 0 Å². The van der Waals surface area contributed by atoms with Gasteiger partial charge in [0.15, 0.2) is 0 Å². The largest absolute Gasteiger partial charge is 0.391 e. The first-order chi connectivity index (χ1) is 8.15. The van der Waals surface area contributed by atoms with Crippen LogP contribution in [0.15, 0.2) is 30.3 Å². The molecular weight excluding hydrogens is 210 g/mol. The molecule has 0 saturated carbocycles. The van der Waals surface area contributed by atoms with Gasteiger partial charge < -0.3 is 10.0 Å². The fraction of sp³-hybridized carbons (Fsp3) is 0.600. The van der Waals surface area contributed by atoms with Crippen LogP contribution < -0.4 is 4.90 Å². The van der Waals surface area contributed by atoms with E-state index in [1.807, 2.05) is 6.07 Å². The number of para-hydroxylation sites is 1. The third-order valence-corrected chi connectivity index (χ3v) is 3.08. The van der Waals surface area contributed by atoms with E-state index in [-0.39, 0.29) is 6.10 Å². The molecule has 0 fully saturated rings. The molecule has 1 unspecified atom stereocenters. The Morgan fingerprint density at radius 1 is 1.18 bits per heavy atom. The van der Waals surface area contributed by atoms with E-state index in [9.17, 15) is 5.11 Å². The Balaban J connectivity index is 2.67. The second-order valence-electron chi connectivity index (χ2n) is 4.95. The van der Waals surface area contributed by atoms with Crippen molar-refractivity contribution in [2.75, 3.05) is 18.0 Å². The SMILES string of the molecule is CCCCN(CC(O)C(C)C)c1ccccc1. The second kappa shape index (κ2) is 7.33. The molecule has 0 bridgehead atoms. The summed E-state index contributed by atoms with van der Waals surface area (Å²) in [7, 11) is 0. The number of nitrogens with zero attached hydrogens (tertiary/aromatic N) is 1. The van der Waals surface area contributed by atoms with Gasteiger partial charge >= 0.3 is 0 Å². The summed E-state index contributed by atoms with van der Waals surface area (Å²) in [6.45, 7) is 8.06. The van der Waals surface area contributed by atoms with Crippen molar-refractivity contribution in [3.63, 3.8) is 0 Å². The average Bonchev–Trinajstić information content (AvgIpc) is 2.35. The van der Waals surface area contributed by atoms with Crippen molar-refractivity contribution in [2.45, 2.75) is 39.7 Å². The Morgan fingerprint density at radius 3 is 2.35 bits per heavy atom. The molecule has 17 heavy (non-hydrogen) atoms. The van der Waals surface area contributed by atoms with Crippen molar-refractivity contribution in [1.29, 1.82) is 0 Å². The van der Waals surface area contributed by atoms with E-state index in [4.69, 9.17) is 0 Å². The lowest BCUT2D eigenvalue weighted by molar-refractivity contribution is 0.131. The van der Waals surface area contributed by atoms with E-state index in [2.05, 4.69) is 49.9 Å². The van der Waals surface area contributed by atoms with Gasteiger partial charge in [0.2, 0.25) is 0 Å². The van der Waals surface area contributed by atoms with Gasteiger partial charge in [-0.25, -0.2) is 0 Å². The van der Waals surface area contributed by atoms with Crippen LogP contribution in [0.3, 0.4) is 0 Å². The first-order valence-corrected chi connectivity index (χ1v) is 6.63. The number of aliphatic hydroxyl groups excluding tert-OH is 1. The molecule has 0 amide bonds. The van der Waals surface area contributed by atoms with Crippen molar-refractivity contribution in [3.8, 4) is 0 Å². The number of benzene rings is 1. The minimum absolute atomic E-state index is 0.257. The van der Waals surface area contributed by atoms with Crippen molar-refractivity contribution in [2.24, 2.45) is 5.92 Å². The summed E-state index contributed by atoms with van der Waals surface area (Å²) >= 11 is 0. The number of unbranched alkanes of at least 4 members (excludes halogenated alkanes) is 1. The Morgan fingerprint density at radius 2 is 1.82 bits per heavy atom. The maximum atomic E-state index is 10.0. The van der Waals surface area contributed by atoms with Gasteiger partial charge in [-0.15, -0.1) is 0 Å². The molecule has 0 aliphatic carbocycles. The van der Waals surface area contributed by atoms with Crippen LogP contribution >= 0.6 is 0 Å². The molecule has 1 aromatic carbocycles. The lowest BCUT2D eigenvalue weighted by Crippen LogP contribution is -2.35. The molecule has 96 valence electrons. The third kappa shape index (κ3) is 4.78. The van der Waals surface area contributed by atoms with Gasteiger partial charge in [0.1, 0.15) is 0 Å². The standard InChI is InChI=1S/C15H25NO/c1-4-5-11-16(12-15(17)13(2)3)14-9-7-6-8-10-14/h6-10,13,15,17H,4-5,11-12H2,1-3H3. The summed E-state index contributed by atoms with van der Waals surface area (Å²) in [5, 5.41) is 10.0. The van der Waals surface area contributed by atoms with E-state index in [1.54, 1.807) is 0 Å². The quantitative estimate of drug-likeness (QED) is 0.783. The molecular formula is C15H25NO. The Hall–Kier alpha value is -1.02. The number of hydrogen-bond donors (Lipinski definition) is 1. The molecule has 0 radical (unpaired) electrons. The fourth-order valence-electron chi connectivity index (χ4n) is 1.75. The van der Waals surface area contributed by atoms with E-state index < -0.39 is 0 Å². The van der Waals surface area contributed by atoms with Crippen LogP contribution in [0.1, 0.15) is 33.6 Å². The summed E-state index contributed by atoms with van der Waals surface area (Å²) in [5.74, 6) is 0.308. The summed E-state index contributed by atoms with van der Waals surface area (Å²) < 4.78 is 0. The lowest BCUT2D eigenvalue weighted by atomic mass is 10.1. The number of aliphatic hydroxyl groups is 1. The van der Waals surface area contributed by atoms with Gasteiger partial charge in [0.05, 0.1) is 6.10 Å². The van der Waals surface area contributed by atoms with E-state index in [0.29, 0.717) is 5.92 Å². The smallest absolute Gasteiger partial charge is 0.0737 e. The number of hydrogen-bond acceptors (Lipinski definition) is 2. The Kier molecular flexibility index (Phi) is 6.06. The molecule has 1 aromatic rings. The molecule has 0 aromatic heterocycles. The van der Waals surface area contributed by atoms with E-state index >= 15 is 0 Å². The molecule has 1 atom stereocenters. The highest BCUT2D eigenvalue weighted by Gasteiger charge is 2.14. The number of rotatable bonds is 7. The molecule has 0 spiro atoms. The first-order valence-electron chi connectivity index (χ1n) is 6.63. The van der Waals surface area contributed by atoms with Crippen LogP contribution in [0.25, 0.3) is 0 Å². The van der Waals surface area contributed by atoms with E-state index in [1.165, 1.54) is 18.5 Å². The predicted molar refractivity (Wildman–Crippen MR) is 74.4 cm³/mol. The zero-order valence-corrected chi connectivity index (χ0v) is 11.3. The zero-order valence-electron chi connectivity index (χ0n) is 11.3. The highest BCUT2D eigenvalue weighted by Crippen LogP contribution is 2.16. The summed E-state index contributed by atoms with van der Waals surface area (Å²) in [5.41, 5.74) is 1.21. The maximum absolute atomic E-state index is 10.0. The van der Waals surface area contributed by atoms with Crippen LogP contribution in [0.4, 0.5) is 5.69 Å². The number of anilines is 1. The molecule has 0 heterocycles. The molecule has 1 N–H and O–H groups in total. The average molecular weight is 235 g/mol. The summed E-state index contributed by atoms with van der Waals surface area (Å²) in [4.78, 5) is 2.29. The summed E-state index contributed by atoms with van der Waals surface area (Å²) in [6.07, 6.45) is 2.09. The highest BCUT2D eigenvalue weighted by atomic mass is 16.3. The first kappa shape index (κ1) is 14.0. The van der Waals surface area contributed by atoms with Gasteiger partial charge in [-0.1, -0.05) is 45.4 Å². The van der Waals surface area contributed by atoms with Gasteiger partial charge in [-0.3, -0.25) is 0 Å². The van der Waals surface area contributed by atoms with Crippen molar-refractivity contribution >= 4 is 5.69 Å². The Bertz CT molecular complexity index is 297. The Labute approximate surface area is 105 Å². The minimum Gasteiger partial charge on any atom is -0.391 e. The topological polar surface area (TPSA) is 23.5 Å². The van der Waals surface area contributed by atoms with Crippen LogP contribution in [0.5, 0.6) is 0 Å². The van der Waals surface area contributed by atoms with Crippen molar-refractivity contribution < 1.29 is 5.11 Å². The van der Waals surface area contributed by atoms with Crippen molar-refractivity contribution in [3.05, 3.63) is 30.3 Å². The van der Waals surface area contributed by atoms with Gasteiger partial charge in [0, 0.05) is 18.8 Å². The van der Waals surface area contributed by atoms with Crippen molar-refractivity contribution in [1.82, 2.24) is 0 Å². The van der Waals surface area contributed by atoms with Crippen LogP contribution in [0, 0.1) is 5.92 Å². The highest BCUT2D eigenvalue weighted by molar-refractivity contribution is 5.46. The monoisotopic (exact) mass is 235 g/mol. The van der Waals surface area contributed by atoms with Gasteiger partial charge in [-0.05, 0) is 24.5 Å². The van der Waals surface area contributed by atoms with Crippen LogP contribution in [0.2, 0.25) is 0 Å². The van der Waals surface area contributed by atoms with Crippen LogP contribution in [-0.4, -0.2) is 24.3 Å². The zero-order chi connectivity index (χ0) is 12.7. The molecule has 1 rings (SSSR count). The van der Waals surface area contributed by atoms with Crippen LogP contribution in [-0.2, 0) is 0 Å². The fourth-order valence-corrected chi connectivity index (χ4v) is 1.75. The maximum Gasteiger partial charge on any atom is 0.0737 e. The second-order valence-corrected chi connectivity index (χ2v) is 4.95. The predicted octanol–water partition coefficient (Wildman–Crippen LogP) is 3.31. The van der Waals surface area contributed by atoms with Gasteiger partial charge in [0.25, 0.3) is 0 Å². The lowest BCUT2D eigenvalue weighted by Gasteiger charge is -2.28. The minimum atomic E-state index is -0.257. The molecule has 0 aliphatic heterocycles. The normalized spacial score (nSPS) is 12.8. The third-order valence-electron chi connectivity index (χ3n) is 3.08. The molecule has 2 nitrogen and oxygen atoms in total. The summed E-state index contributed by atoms with van der Waals surface area (Å²) in [6, 6.07) is 10.4. The van der Waals surface area contributed by atoms with E-state index in [0.717, 1.165) is 13.1 Å². The molecule has 2 heteroatoms. The molecule has 0 saturated heterocycles. The molecule has 0 aliphatic rings.